The standard InChI is InChI=1S/C31H64O5Si/c1-9-12-14-16-18-20-25-34-30(35-26-21-19-17-15-13-10-2)23-22-29(32)33-27-24-28(11-3)36-37(7,8)31(4,5)6/h28,30H,9-27H2,1-8H3. The number of hydrogen-bond acceptors (Lipinski definition) is 5. The lowest BCUT2D eigenvalue weighted by atomic mass is 10.1. The molecule has 0 radical (unpaired) electrons. The molecule has 5 nitrogen and oxygen atoms in total. The second-order valence-corrected chi connectivity index (χ2v) is 16.9. The molecule has 0 aliphatic heterocycles. The summed E-state index contributed by atoms with van der Waals surface area (Å²) >= 11 is 0. The van der Waals surface area contributed by atoms with Crippen LogP contribution in [-0.2, 0) is 23.4 Å². The zero-order valence-electron chi connectivity index (χ0n) is 26.1. The SMILES string of the molecule is CCCCCCCCOC(CCC(=O)OCCC(CC)O[Si](C)(C)C(C)(C)C)OCCCCCCCC. The monoisotopic (exact) mass is 544 g/mol. The van der Waals surface area contributed by atoms with Crippen LogP contribution in [0.25, 0.3) is 0 Å². The van der Waals surface area contributed by atoms with Crippen LogP contribution in [0.15, 0.2) is 0 Å². The summed E-state index contributed by atoms with van der Waals surface area (Å²) in [6.45, 7) is 19.8. The second kappa shape index (κ2) is 22.4. The lowest BCUT2D eigenvalue weighted by Gasteiger charge is -2.39. The summed E-state index contributed by atoms with van der Waals surface area (Å²) in [5.41, 5.74) is 0. The molecule has 0 heterocycles. The number of ether oxygens (including phenoxy) is 3. The average Bonchev–Trinajstić information content (AvgIpc) is 2.84. The third-order valence-corrected chi connectivity index (χ3v) is 12.1. The Morgan fingerprint density at radius 3 is 1.65 bits per heavy atom. The first-order chi connectivity index (χ1) is 17.6. The van der Waals surface area contributed by atoms with Crippen molar-refractivity contribution in [2.75, 3.05) is 19.8 Å². The highest BCUT2D eigenvalue weighted by molar-refractivity contribution is 6.74. The highest BCUT2D eigenvalue weighted by Crippen LogP contribution is 2.38. The van der Waals surface area contributed by atoms with Gasteiger partial charge in [0.1, 0.15) is 0 Å². The Kier molecular flexibility index (Phi) is 22.1. The molecular weight excluding hydrogens is 480 g/mol. The lowest BCUT2D eigenvalue weighted by molar-refractivity contribution is -0.159. The highest BCUT2D eigenvalue weighted by Gasteiger charge is 2.38. The third kappa shape index (κ3) is 20.2. The first-order valence-electron chi connectivity index (χ1n) is 15.6. The molecule has 0 bridgehead atoms. The van der Waals surface area contributed by atoms with Gasteiger partial charge in [-0.05, 0) is 37.4 Å². The summed E-state index contributed by atoms with van der Waals surface area (Å²) in [6, 6.07) is 0. The van der Waals surface area contributed by atoms with Crippen LogP contribution in [0.5, 0.6) is 0 Å². The Morgan fingerprint density at radius 2 is 1.19 bits per heavy atom. The van der Waals surface area contributed by atoms with Crippen LogP contribution in [0.3, 0.4) is 0 Å². The number of carbonyl (C=O) groups excluding carboxylic acids is 1. The van der Waals surface area contributed by atoms with Crippen molar-refractivity contribution in [3.8, 4) is 0 Å². The van der Waals surface area contributed by atoms with Crippen LogP contribution in [-0.4, -0.2) is 46.5 Å². The van der Waals surface area contributed by atoms with Gasteiger partial charge in [-0.1, -0.05) is 106 Å². The first-order valence-corrected chi connectivity index (χ1v) is 18.5. The van der Waals surface area contributed by atoms with Gasteiger partial charge in [0.05, 0.1) is 13.0 Å². The molecule has 0 rings (SSSR count). The van der Waals surface area contributed by atoms with Crippen molar-refractivity contribution < 1.29 is 23.4 Å². The van der Waals surface area contributed by atoms with E-state index >= 15 is 0 Å². The van der Waals surface area contributed by atoms with Crippen molar-refractivity contribution in [2.24, 2.45) is 0 Å². The number of carbonyl (C=O) groups is 1. The minimum Gasteiger partial charge on any atom is -0.466 e. The van der Waals surface area contributed by atoms with Gasteiger partial charge in [-0.25, -0.2) is 0 Å². The molecule has 0 aliphatic carbocycles. The fourth-order valence-corrected chi connectivity index (χ4v) is 5.43. The fraction of sp³-hybridized carbons (Fsp3) is 0.968. The van der Waals surface area contributed by atoms with Gasteiger partial charge in [-0.2, -0.15) is 0 Å². The highest BCUT2D eigenvalue weighted by atomic mass is 28.4. The Morgan fingerprint density at radius 1 is 0.703 bits per heavy atom. The van der Waals surface area contributed by atoms with E-state index in [4.69, 9.17) is 18.6 Å². The normalized spacial score (nSPS) is 13.3. The molecule has 37 heavy (non-hydrogen) atoms. The number of hydrogen-bond donors (Lipinski definition) is 0. The van der Waals surface area contributed by atoms with E-state index in [1.807, 2.05) is 0 Å². The minimum absolute atomic E-state index is 0.141. The smallest absolute Gasteiger partial charge is 0.305 e. The molecular formula is C31H64O5Si. The Labute approximate surface area is 232 Å². The van der Waals surface area contributed by atoms with Crippen LogP contribution in [0, 0.1) is 0 Å². The van der Waals surface area contributed by atoms with E-state index in [9.17, 15) is 4.79 Å². The summed E-state index contributed by atoms with van der Waals surface area (Å²) in [5, 5.41) is 0.178. The third-order valence-electron chi connectivity index (χ3n) is 7.61. The maximum absolute atomic E-state index is 12.4. The van der Waals surface area contributed by atoms with E-state index in [0.29, 0.717) is 32.7 Å². The predicted molar refractivity (Wildman–Crippen MR) is 160 cm³/mol. The minimum atomic E-state index is -1.82. The van der Waals surface area contributed by atoms with Crippen molar-refractivity contribution in [2.45, 2.75) is 175 Å². The largest absolute Gasteiger partial charge is 0.466 e. The average molecular weight is 545 g/mol. The molecule has 0 aliphatic rings. The van der Waals surface area contributed by atoms with Gasteiger partial charge in [0, 0.05) is 32.2 Å². The topological polar surface area (TPSA) is 54.0 Å². The first kappa shape index (κ1) is 36.6. The van der Waals surface area contributed by atoms with Gasteiger partial charge < -0.3 is 18.6 Å². The quantitative estimate of drug-likeness (QED) is 0.0495. The number of esters is 1. The maximum atomic E-state index is 12.4. The van der Waals surface area contributed by atoms with Gasteiger partial charge >= 0.3 is 5.97 Å². The summed E-state index contributed by atoms with van der Waals surface area (Å²) in [5.74, 6) is -0.168. The Hall–Kier alpha value is -0.433. The number of rotatable bonds is 25. The van der Waals surface area contributed by atoms with E-state index in [1.54, 1.807) is 0 Å². The molecule has 0 saturated heterocycles. The van der Waals surface area contributed by atoms with Gasteiger partial charge in [-0.3, -0.25) is 4.79 Å². The van der Waals surface area contributed by atoms with Crippen LogP contribution in [0.2, 0.25) is 18.1 Å². The maximum Gasteiger partial charge on any atom is 0.305 e. The van der Waals surface area contributed by atoms with Crippen molar-refractivity contribution in [3.05, 3.63) is 0 Å². The van der Waals surface area contributed by atoms with Gasteiger partial charge in [-0.15, -0.1) is 0 Å². The second-order valence-electron chi connectivity index (χ2n) is 12.2. The van der Waals surface area contributed by atoms with E-state index in [1.165, 1.54) is 64.2 Å². The molecule has 0 fully saturated rings. The Bertz CT molecular complexity index is 514. The van der Waals surface area contributed by atoms with Crippen LogP contribution < -0.4 is 0 Å². The van der Waals surface area contributed by atoms with Crippen molar-refractivity contribution in [1.82, 2.24) is 0 Å². The van der Waals surface area contributed by atoms with Gasteiger partial charge in [0.25, 0.3) is 0 Å². The van der Waals surface area contributed by atoms with E-state index in [2.05, 4.69) is 54.6 Å². The molecule has 1 unspecified atom stereocenters. The van der Waals surface area contributed by atoms with Gasteiger partial charge in [0.15, 0.2) is 14.6 Å². The fourth-order valence-electron chi connectivity index (χ4n) is 3.96. The van der Waals surface area contributed by atoms with E-state index < -0.39 is 8.32 Å². The summed E-state index contributed by atoms with van der Waals surface area (Å²) in [7, 11) is -1.82. The van der Waals surface area contributed by atoms with Crippen molar-refractivity contribution >= 4 is 14.3 Å². The molecule has 1 atom stereocenters. The molecule has 0 spiro atoms. The summed E-state index contributed by atoms with van der Waals surface area (Å²) in [4.78, 5) is 12.4. The van der Waals surface area contributed by atoms with Crippen LogP contribution >= 0.6 is 0 Å². The van der Waals surface area contributed by atoms with Crippen molar-refractivity contribution in [3.63, 3.8) is 0 Å². The molecule has 6 heteroatoms. The van der Waals surface area contributed by atoms with E-state index in [-0.39, 0.29) is 23.4 Å². The molecule has 222 valence electrons. The molecule has 0 aromatic heterocycles. The zero-order chi connectivity index (χ0) is 28.0. The van der Waals surface area contributed by atoms with Crippen molar-refractivity contribution in [1.29, 1.82) is 0 Å². The summed E-state index contributed by atoms with van der Waals surface area (Å²) in [6.07, 6.45) is 17.2. The summed E-state index contributed by atoms with van der Waals surface area (Å²) < 4.78 is 24.2. The number of unbranched alkanes of at least 4 members (excludes halogenated alkanes) is 10. The zero-order valence-corrected chi connectivity index (χ0v) is 27.1. The molecule has 0 N–H and O–H groups in total. The molecule has 0 saturated carbocycles. The molecule has 0 amide bonds. The van der Waals surface area contributed by atoms with Gasteiger partial charge in [0.2, 0.25) is 0 Å². The lowest BCUT2D eigenvalue weighted by Crippen LogP contribution is -2.44. The predicted octanol–water partition coefficient (Wildman–Crippen LogP) is 9.58. The molecule has 0 aromatic rings. The molecule has 0 aromatic carbocycles. The van der Waals surface area contributed by atoms with E-state index in [0.717, 1.165) is 25.7 Å². The van der Waals surface area contributed by atoms with Crippen LogP contribution in [0.4, 0.5) is 0 Å². The Balaban J connectivity index is 4.39. The van der Waals surface area contributed by atoms with Crippen LogP contribution in [0.1, 0.15) is 144 Å².